The molecule has 0 aliphatic heterocycles. The molecule has 7 nitrogen and oxygen atoms in total. The number of carbonyl (C=O) groups is 1. The lowest BCUT2D eigenvalue weighted by Crippen LogP contribution is -2.62. The molecule has 1 aliphatic rings. The number of nitro benzene ring substituents is 1. The summed E-state index contributed by atoms with van der Waals surface area (Å²) in [6.07, 6.45) is 0.929. The van der Waals surface area contributed by atoms with Crippen LogP contribution in [0.1, 0.15) is 64.2 Å². The summed E-state index contributed by atoms with van der Waals surface area (Å²) in [5.74, 6) is -0.174. The Bertz CT molecular complexity index is 861. The van der Waals surface area contributed by atoms with E-state index in [1.807, 2.05) is 6.92 Å². The zero-order chi connectivity index (χ0) is 22.3. The van der Waals surface area contributed by atoms with Gasteiger partial charge in [0.25, 0.3) is 0 Å². The first-order chi connectivity index (χ1) is 13.2. The van der Waals surface area contributed by atoms with Crippen LogP contribution >= 0.6 is 0 Å². The first kappa shape index (κ1) is 23.0. The van der Waals surface area contributed by atoms with Crippen molar-refractivity contribution in [1.82, 2.24) is 0 Å². The van der Waals surface area contributed by atoms with Gasteiger partial charge in [-0.3, -0.25) is 19.8 Å². The molecule has 0 heterocycles. The highest BCUT2D eigenvalue weighted by atomic mass is 28.4. The van der Waals surface area contributed by atoms with Gasteiger partial charge in [-0.2, -0.15) is 0 Å². The average Bonchev–Trinajstić information content (AvgIpc) is 2.58. The largest absolute Gasteiger partial charge is 0.414 e. The van der Waals surface area contributed by atoms with Gasteiger partial charge in [0.2, 0.25) is 5.75 Å². The summed E-state index contributed by atoms with van der Waals surface area (Å²) in [7, 11) is -2.03. The van der Waals surface area contributed by atoms with Gasteiger partial charge < -0.3 is 9.16 Å². The predicted molar refractivity (Wildman–Crippen MR) is 114 cm³/mol. The van der Waals surface area contributed by atoms with Crippen LogP contribution in [0.25, 0.3) is 4.85 Å². The van der Waals surface area contributed by atoms with Crippen molar-refractivity contribution < 1.29 is 18.9 Å². The average molecular weight is 419 g/mol. The van der Waals surface area contributed by atoms with Crippen molar-refractivity contribution >= 4 is 19.8 Å². The van der Waals surface area contributed by atoms with Crippen LogP contribution < -0.4 is 4.74 Å². The molecule has 0 bridgehead atoms. The molecule has 2 rings (SSSR count). The van der Waals surface area contributed by atoms with Crippen LogP contribution in [-0.2, 0) is 4.43 Å². The Kier molecular flexibility index (Phi) is 5.99. The molecule has 0 aromatic heterocycles. The minimum atomic E-state index is -2.03. The van der Waals surface area contributed by atoms with Gasteiger partial charge in [-0.25, -0.2) is 6.57 Å². The van der Waals surface area contributed by atoms with Crippen LogP contribution in [0.2, 0.25) is 18.1 Å². The monoisotopic (exact) mass is 418 g/mol. The van der Waals surface area contributed by atoms with Crippen LogP contribution in [0.5, 0.6) is 5.75 Å². The Morgan fingerprint density at radius 1 is 1.34 bits per heavy atom. The highest BCUT2D eigenvalue weighted by molar-refractivity contribution is 6.74. The number of ether oxygens (including phenoxy) is 1. The molecule has 0 saturated heterocycles. The van der Waals surface area contributed by atoms with Crippen LogP contribution in [0.4, 0.5) is 5.69 Å². The molecule has 1 aromatic rings. The van der Waals surface area contributed by atoms with Gasteiger partial charge in [0.05, 0.1) is 23.4 Å². The first-order valence-corrected chi connectivity index (χ1v) is 12.7. The molecule has 0 spiro atoms. The minimum absolute atomic E-state index is 0.00743. The topological polar surface area (TPSA) is 83.0 Å². The second-order valence-electron chi connectivity index (χ2n) is 9.54. The fourth-order valence-corrected chi connectivity index (χ4v) is 5.14. The quantitative estimate of drug-likeness (QED) is 0.185. The van der Waals surface area contributed by atoms with E-state index in [9.17, 15) is 14.9 Å². The van der Waals surface area contributed by atoms with E-state index in [0.29, 0.717) is 12.8 Å². The maximum atomic E-state index is 11.9. The Labute approximate surface area is 173 Å². The third-order valence-electron chi connectivity index (χ3n) is 5.91. The van der Waals surface area contributed by atoms with Crippen molar-refractivity contribution in [3.63, 3.8) is 0 Å². The molecule has 1 aliphatic carbocycles. The smallest absolute Gasteiger partial charge is 0.381 e. The molecule has 1 saturated carbocycles. The van der Waals surface area contributed by atoms with Crippen molar-refractivity contribution in [2.45, 2.75) is 83.3 Å². The third-order valence-corrected chi connectivity index (χ3v) is 10.5. The van der Waals surface area contributed by atoms with E-state index < -0.39 is 24.6 Å². The van der Waals surface area contributed by atoms with E-state index in [4.69, 9.17) is 15.7 Å². The Morgan fingerprint density at radius 3 is 2.38 bits per heavy atom. The van der Waals surface area contributed by atoms with Crippen molar-refractivity contribution in [3.8, 4) is 5.75 Å². The predicted octanol–water partition coefficient (Wildman–Crippen LogP) is 5.76. The number of hydrogen-bond acceptors (Lipinski definition) is 5. The van der Waals surface area contributed by atoms with Gasteiger partial charge in [0, 0.05) is 18.1 Å². The third kappa shape index (κ3) is 4.68. The lowest BCUT2D eigenvalue weighted by molar-refractivity contribution is -0.386. The number of ketones is 1. The van der Waals surface area contributed by atoms with Crippen LogP contribution in [0, 0.1) is 16.7 Å². The molecule has 1 fully saturated rings. The molecule has 1 aromatic carbocycles. The second kappa shape index (κ2) is 7.54. The van der Waals surface area contributed by atoms with Crippen LogP contribution in [0.15, 0.2) is 18.2 Å². The Morgan fingerprint density at radius 2 is 1.93 bits per heavy atom. The number of carbonyl (C=O) groups excluding carboxylic acids is 1. The standard InChI is InChI=1S/C21H30N2O5Si/c1-9-17(24)15-10-11-18(16(12-15)23(25)26)27-21(22-6)13-20(5,14-21)28-29(7,8)19(2,3)4/h10-12H,9,13-14H2,1-5,7-8H3. The van der Waals surface area contributed by atoms with Crippen molar-refractivity contribution in [2.75, 3.05) is 0 Å². The van der Waals surface area contributed by atoms with E-state index in [2.05, 4.69) is 38.7 Å². The normalized spacial score (nSPS) is 24.3. The van der Waals surface area contributed by atoms with E-state index >= 15 is 0 Å². The zero-order valence-electron chi connectivity index (χ0n) is 18.3. The van der Waals surface area contributed by atoms with Crippen molar-refractivity contribution in [1.29, 1.82) is 0 Å². The molecule has 0 unspecified atom stereocenters. The number of Topliss-reactive ketones (excluding diaryl/α,β-unsaturated/α-hetero) is 1. The molecule has 158 valence electrons. The van der Waals surface area contributed by atoms with E-state index in [-0.39, 0.29) is 34.2 Å². The highest BCUT2D eigenvalue weighted by Crippen LogP contribution is 2.52. The number of nitrogens with zero attached hydrogens (tertiary/aromatic N) is 2. The van der Waals surface area contributed by atoms with Gasteiger partial charge in [-0.05, 0) is 37.2 Å². The summed E-state index contributed by atoms with van der Waals surface area (Å²) in [5, 5.41) is 11.5. The molecule has 8 heteroatoms. The second-order valence-corrected chi connectivity index (χ2v) is 14.3. The Hall–Kier alpha value is -2.24. The highest BCUT2D eigenvalue weighted by Gasteiger charge is 2.64. The summed E-state index contributed by atoms with van der Waals surface area (Å²) in [5.41, 5.74) is -1.73. The van der Waals surface area contributed by atoms with Gasteiger partial charge >= 0.3 is 11.4 Å². The summed E-state index contributed by atoms with van der Waals surface area (Å²) in [6.45, 7) is 22.1. The molecule has 0 atom stereocenters. The fraction of sp³-hybridized carbons (Fsp3) is 0.619. The Balaban J connectivity index is 2.25. The van der Waals surface area contributed by atoms with Crippen molar-refractivity contribution in [2.24, 2.45) is 0 Å². The summed E-state index contributed by atoms with van der Waals surface area (Å²) >= 11 is 0. The first-order valence-electron chi connectivity index (χ1n) is 9.77. The zero-order valence-corrected chi connectivity index (χ0v) is 19.3. The van der Waals surface area contributed by atoms with Gasteiger partial charge in [-0.1, -0.05) is 27.7 Å². The number of rotatable bonds is 7. The van der Waals surface area contributed by atoms with Gasteiger partial charge in [0.1, 0.15) is 0 Å². The lowest BCUT2D eigenvalue weighted by atomic mass is 9.74. The fourth-order valence-electron chi connectivity index (χ4n) is 3.46. The van der Waals surface area contributed by atoms with E-state index in [1.165, 1.54) is 18.2 Å². The summed E-state index contributed by atoms with van der Waals surface area (Å²) in [4.78, 5) is 26.5. The molecular weight excluding hydrogens is 388 g/mol. The molecule has 0 radical (unpaired) electrons. The molecular formula is C21H30N2O5Si. The SMILES string of the molecule is [C-]#[N+]C1(Oc2ccc(C(=O)CC)cc2[N+](=O)[O-])CC(C)(O[Si](C)(C)C(C)(C)C)C1. The number of benzene rings is 1. The summed E-state index contributed by atoms with van der Waals surface area (Å²) < 4.78 is 12.4. The summed E-state index contributed by atoms with van der Waals surface area (Å²) in [6, 6.07) is 4.15. The maximum absolute atomic E-state index is 11.9. The van der Waals surface area contributed by atoms with Crippen LogP contribution in [0.3, 0.4) is 0 Å². The van der Waals surface area contributed by atoms with E-state index in [0.717, 1.165) is 0 Å². The van der Waals surface area contributed by atoms with E-state index in [1.54, 1.807) is 6.92 Å². The van der Waals surface area contributed by atoms with Crippen LogP contribution in [-0.4, -0.2) is 30.3 Å². The number of hydrogen-bond donors (Lipinski definition) is 0. The minimum Gasteiger partial charge on any atom is -0.414 e. The van der Waals surface area contributed by atoms with Gasteiger partial charge in [0.15, 0.2) is 14.1 Å². The van der Waals surface area contributed by atoms with Gasteiger partial charge in [-0.15, -0.1) is 0 Å². The maximum Gasteiger partial charge on any atom is 0.381 e. The molecule has 29 heavy (non-hydrogen) atoms. The number of nitro groups is 1. The lowest BCUT2D eigenvalue weighted by Gasteiger charge is -2.51. The molecule has 0 N–H and O–H groups in total. The molecule has 0 amide bonds. The van der Waals surface area contributed by atoms with Crippen molar-refractivity contribution in [3.05, 3.63) is 45.3 Å².